The lowest BCUT2D eigenvalue weighted by Gasteiger charge is -2.40. The molecule has 5 nitrogen and oxygen atoms in total. The lowest BCUT2D eigenvalue weighted by molar-refractivity contribution is -0.929. The summed E-state index contributed by atoms with van der Waals surface area (Å²) in [5, 5.41) is 0. The van der Waals surface area contributed by atoms with Crippen LogP contribution in [-0.2, 0) is 13.6 Å². The molecule has 0 aliphatic heterocycles. The largest absolute Gasteiger partial charge is 0.756 e. The highest BCUT2D eigenvalue weighted by Crippen LogP contribution is 2.40. The Labute approximate surface area is 443 Å². The van der Waals surface area contributed by atoms with E-state index in [1.54, 1.807) is 0 Å². The van der Waals surface area contributed by atoms with E-state index in [2.05, 4.69) is 55.4 Å². The Morgan fingerprint density at radius 1 is 0.300 bits per heavy atom. The van der Waals surface area contributed by atoms with Crippen molar-refractivity contribution in [1.29, 1.82) is 0 Å². The molecule has 424 valence electrons. The van der Waals surface area contributed by atoms with Gasteiger partial charge >= 0.3 is 0 Å². The monoisotopic (exact) mass is 1010 g/mol. The molecule has 0 saturated heterocycles. The van der Waals surface area contributed by atoms with Gasteiger partial charge in [-0.3, -0.25) is 4.57 Å². The van der Waals surface area contributed by atoms with Crippen LogP contribution in [0.4, 0.5) is 0 Å². The lowest BCUT2D eigenvalue weighted by Crippen LogP contribution is -2.50. The molecule has 0 N–H and O–H groups in total. The number of quaternary nitrogens is 1. The molecule has 0 saturated carbocycles. The summed E-state index contributed by atoms with van der Waals surface area (Å²) in [6.07, 6.45) is 67.1. The summed E-state index contributed by atoms with van der Waals surface area (Å²) in [5.41, 5.74) is 0. The van der Waals surface area contributed by atoms with E-state index in [0.29, 0.717) is 11.8 Å². The number of phosphoric acid groups is 1. The van der Waals surface area contributed by atoms with Gasteiger partial charge in [0.15, 0.2) is 0 Å². The molecule has 0 aromatic rings. The van der Waals surface area contributed by atoms with Gasteiger partial charge in [-0.2, -0.15) is 0 Å². The minimum Gasteiger partial charge on any atom is -0.756 e. The minimum absolute atomic E-state index is 0.253. The van der Waals surface area contributed by atoms with E-state index in [4.69, 9.17) is 9.05 Å². The molecule has 70 heavy (non-hydrogen) atoms. The number of rotatable bonds is 58. The molecule has 0 bridgehead atoms. The molecule has 0 rings (SSSR count). The van der Waals surface area contributed by atoms with Gasteiger partial charge in [0.05, 0.1) is 39.4 Å². The summed E-state index contributed by atoms with van der Waals surface area (Å²) >= 11 is 0. The van der Waals surface area contributed by atoms with Gasteiger partial charge in [-0.15, -0.1) is 0 Å². The topological polar surface area (TPSA) is 58.6 Å². The van der Waals surface area contributed by atoms with Crippen LogP contribution >= 0.6 is 7.82 Å². The van der Waals surface area contributed by atoms with E-state index >= 15 is 0 Å². The molecule has 0 fully saturated rings. The zero-order chi connectivity index (χ0) is 51.8. The maximum absolute atomic E-state index is 11.8. The van der Waals surface area contributed by atoms with Crippen LogP contribution < -0.4 is 4.89 Å². The smallest absolute Gasteiger partial charge is 0.267 e. The molecule has 0 radical (unpaired) electrons. The summed E-state index contributed by atoms with van der Waals surface area (Å²) in [4.78, 5) is 11.8. The van der Waals surface area contributed by atoms with Gasteiger partial charge in [0, 0.05) is 0 Å². The highest BCUT2D eigenvalue weighted by Gasteiger charge is 2.26. The minimum atomic E-state index is -4.14. The summed E-state index contributed by atoms with van der Waals surface area (Å²) in [6, 6.07) is 0. The molecule has 6 heteroatoms. The van der Waals surface area contributed by atoms with E-state index < -0.39 is 7.82 Å². The molecule has 2 unspecified atom stereocenters. The van der Waals surface area contributed by atoms with Crippen LogP contribution in [0.15, 0.2) is 0 Å². The van der Waals surface area contributed by atoms with Gasteiger partial charge in [-0.05, 0) is 76.0 Å². The Balaban J connectivity index is 0. The van der Waals surface area contributed by atoms with Gasteiger partial charge in [0.1, 0.15) is 0 Å². The first-order chi connectivity index (χ1) is 34.2. The van der Waals surface area contributed by atoms with E-state index in [1.807, 2.05) is 0 Å². The van der Waals surface area contributed by atoms with Crippen molar-refractivity contribution in [1.82, 2.24) is 0 Å². The third-order valence-electron chi connectivity index (χ3n) is 16.0. The molecule has 2 atom stereocenters. The number of unbranched alkanes of at least 4 members (excludes halogenated alkanes) is 38. The maximum Gasteiger partial charge on any atom is 0.267 e. The predicted molar refractivity (Wildman–Crippen MR) is 313 cm³/mol. The van der Waals surface area contributed by atoms with Crippen LogP contribution in [0.3, 0.4) is 0 Å². The predicted octanol–water partition coefficient (Wildman–Crippen LogP) is 22.4. The van der Waals surface area contributed by atoms with Crippen molar-refractivity contribution in [3.8, 4) is 0 Å². The van der Waals surface area contributed by atoms with Crippen molar-refractivity contribution in [3.63, 3.8) is 0 Å². The van der Waals surface area contributed by atoms with Crippen LogP contribution in [0.2, 0.25) is 0 Å². The second kappa shape index (κ2) is 58.3. The first kappa shape index (κ1) is 72.1. The van der Waals surface area contributed by atoms with Crippen LogP contribution in [0.5, 0.6) is 0 Å². The number of phosphoric ester groups is 1. The normalized spacial score (nSPS) is 13.6. The third kappa shape index (κ3) is 52.9. The van der Waals surface area contributed by atoms with Crippen molar-refractivity contribution in [2.24, 2.45) is 11.8 Å². The fourth-order valence-corrected chi connectivity index (χ4v) is 11.5. The average Bonchev–Trinajstić information content (AvgIpc) is 3.36. The second-order valence-electron chi connectivity index (χ2n) is 22.8. The molecular weight excluding hydrogens is 878 g/mol. The summed E-state index contributed by atoms with van der Waals surface area (Å²) in [7, 11) is -4.14. The van der Waals surface area contributed by atoms with Crippen LogP contribution in [0.1, 0.15) is 364 Å². The van der Waals surface area contributed by atoms with Crippen LogP contribution in [0.25, 0.3) is 0 Å². The van der Waals surface area contributed by atoms with Crippen molar-refractivity contribution in [2.45, 2.75) is 364 Å². The van der Waals surface area contributed by atoms with Gasteiger partial charge in [0.25, 0.3) is 7.82 Å². The van der Waals surface area contributed by atoms with E-state index in [-0.39, 0.29) is 13.2 Å². The number of nitrogens with zero attached hydrogens (tertiary/aromatic N) is 1. The summed E-state index contributed by atoms with van der Waals surface area (Å²) in [5.74, 6) is 0.607. The standard InChI is InChI=1S/C48H100N.C16H35O4P/c1-5-9-13-17-21-25-29-33-37-41-45-49(46-42-38-34-30-26-22-18-14-10-6-2,47-43-39-35-31-27-23-19-15-11-7-3)48-44-40-36-32-28-24-20-16-12-8-4;1-5-9-11-15(7-3)13-19-21(17,18)20-14-16(8-4)12-10-6-2/h5-48H2,1-4H3;15-16H,5-14H2,1-4H3,(H,17,18)/q+1;/p-1. The van der Waals surface area contributed by atoms with Crippen molar-refractivity contribution >= 4 is 7.82 Å². The molecular formula is C64H134NO4P. The molecule has 0 spiro atoms. The molecule has 0 aromatic heterocycles. The van der Waals surface area contributed by atoms with Crippen LogP contribution in [0, 0.1) is 11.8 Å². The molecule has 0 aliphatic rings. The number of hydrogen-bond acceptors (Lipinski definition) is 4. The zero-order valence-electron chi connectivity index (χ0n) is 49.9. The fourth-order valence-electron chi connectivity index (χ4n) is 10.6. The van der Waals surface area contributed by atoms with E-state index in [9.17, 15) is 9.46 Å². The van der Waals surface area contributed by atoms with Crippen LogP contribution in [-0.4, -0.2) is 43.9 Å². The maximum atomic E-state index is 11.8. The Bertz CT molecular complexity index is 884. The Morgan fingerprint density at radius 2 is 0.486 bits per heavy atom. The number of hydrogen-bond donors (Lipinski definition) is 0. The summed E-state index contributed by atoms with van der Waals surface area (Å²) < 4.78 is 23.4. The molecule has 0 heterocycles. The van der Waals surface area contributed by atoms with Crippen molar-refractivity contribution in [3.05, 3.63) is 0 Å². The molecule has 0 aliphatic carbocycles. The lowest BCUT2D eigenvalue weighted by atomic mass is 10.0. The fraction of sp³-hybridized carbons (Fsp3) is 1.00. The van der Waals surface area contributed by atoms with E-state index in [0.717, 1.165) is 51.4 Å². The van der Waals surface area contributed by atoms with Gasteiger partial charge in [0.2, 0.25) is 0 Å². The Hall–Kier alpha value is 0.0700. The van der Waals surface area contributed by atoms with Crippen molar-refractivity contribution in [2.75, 3.05) is 39.4 Å². The first-order valence-corrected chi connectivity index (χ1v) is 34.1. The molecule has 0 aromatic carbocycles. The van der Waals surface area contributed by atoms with Gasteiger partial charge in [-0.1, -0.05) is 299 Å². The summed E-state index contributed by atoms with van der Waals surface area (Å²) in [6.45, 7) is 24.2. The average molecular weight is 1010 g/mol. The Morgan fingerprint density at radius 3 is 0.671 bits per heavy atom. The van der Waals surface area contributed by atoms with Gasteiger partial charge < -0.3 is 18.4 Å². The highest BCUT2D eigenvalue weighted by molar-refractivity contribution is 7.45. The third-order valence-corrected chi connectivity index (χ3v) is 16.9. The first-order valence-electron chi connectivity index (χ1n) is 32.7. The molecule has 0 amide bonds. The second-order valence-corrected chi connectivity index (χ2v) is 24.2. The zero-order valence-corrected chi connectivity index (χ0v) is 50.8. The van der Waals surface area contributed by atoms with E-state index in [1.165, 1.54) is 287 Å². The highest BCUT2D eigenvalue weighted by atomic mass is 31.2. The van der Waals surface area contributed by atoms with Crippen molar-refractivity contribution < 1.29 is 23.0 Å². The SMILES string of the molecule is CCCCC(CC)COP(=O)([O-])OCC(CC)CCCC.CCCCCCCCCCCC[N+](CCCCCCCCCCCC)(CCCCCCCCCCCC)CCCCCCCCCCCC. The van der Waals surface area contributed by atoms with Gasteiger partial charge in [-0.25, -0.2) is 0 Å². The quantitative estimate of drug-likeness (QED) is 0.0346. The Kier molecular flexibility index (Phi) is 60.1.